The molecule has 0 heterocycles. The molecule has 0 saturated carbocycles. The number of sulfonamides is 1. The molecule has 6 heteroatoms. The molecule has 0 aliphatic carbocycles. The van der Waals surface area contributed by atoms with Crippen molar-refractivity contribution in [1.29, 1.82) is 0 Å². The number of aryl methyl sites for hydroxylation is 1. The lowest BCUT2D eigenvalue weighted by Gasteiger charge is -2.09. The summed E-state index contributed by atoms with van der Waals surface area (Å²) in [5.41, 5.74) is 0.964. The zero-order valence-corrected chi connectivity index (χ0v) is 13.1. The van der Waals surface area contributed by atoms with E-state index < -0.39 is 15.8 Å². The highest BCUT2D eigenvalue weighted by Crippen LogP contribution is 2.22. The summed E-state index contributed by atoms with van der Waals surface area (Å²) in [6.07, 6.45) is 0.828. The fourth-order valence-electron chi connectivity index (χ4n) is 1.68. The Morgan fingerprint density at radius 2 is 1.80 bits per heavy atom. The van der Waals surface area contributed by atoms with E-state index in [9.17, 15) is 12.8 Å². The van der Waals surface area contributed by atoms with Crippen LogP contribution in [-0.4, -0.2) is 8.42 Å². The predicted octanol–water partition coefficient (Wildman–Crippen LogP) is 3.95. The van der Waals surface area contributed by atoms with Crippen LogP contribution >= 0.6 is 15.9 Å². The molecule has 106 valence electrons. The zero-order valence-electron chi connectivity index (χ0n) is 10.7. The van der Waals surface area contributed by atoms with Gasteiger partial charge in [0.25, 0.3) is 10.0 Å². The van der Waals surface area contributed by atoms with E-state index in [1.165, 1.54) is 24.3 Å². The van der Waals surface area contributed by atoms with Crippen LogP contribution in [0.2, 0.25) is 0 Å². The highest BCUT2D eigenvalue weighted by atomic mass is 79.9. The van der Waals surface area contributed by atoms with E-state index in [1.54, 1.807) is 18.2 Å². The Labute approximate surface area is 126 Å². The average Bonchev–Trinajstić information content (AvgIpc) is 2.42. The summed E-state index contributed by atoms with van der Waals surface area (Å²) < 4.78 is 40.7. The molecule has 2 aromatic carbocycles. The van der Waals surface area contributed by atoms with Gasteiger partial charge in [-0.1, -0.05) is 35.0 Å². The van der Waals surface area contributed by atoms with Crippen molar-refractivity contribution in [3.63, 3.8) is 0 Å². The number of halogens is 2. The molecule has 0 amide bonds. The minimum Gasteiger partial charge on any atom is -0.277 e. The van der Waals surface area contributed by atoms with E-state index in [2.05, 4.69) is 20.7 Å². The van der Waals surface area contributed by atoms with Crippen LogP contribution < -0.4 is 4.72 Å². The molecular formula is C14H13BrFNO2S. The van der Waals surface area contributed by atoms with Crippen LogP contribution in [0.5, 0.6) is 0 Å². The predicted molar refractivity (Wildman–Crippen MR) is 80.7 cm³/mol. The molecule has 0 fully saturated rings. The monoisotopic (exact) mass is 357 g/mol. The number of benzene rings is 2. The van der Waals surface area contributed by atoms with Crippen molar-refractivity contribution in [2.24, 2.45) is 0 Å². The van der Waals surface area contributed by atoms with Crippen LogP contribution in [0.15, 0.2) is 51.8 Å². The lowest BCUT2D eigenvalue weighted by atomic mass is 10.2. The smallest absolute Gasteiger partial charge is 0.261 e. The molecule has 0 aliphatic heterocycles. The maximum absolute atomic E-state index is 13.7. The number of hydrogen-bond acceptors (Lipinski definition) is 2. The number of nitrogens with one attached hydrogen (secondary N) is 1. The first-order chi connectivity index (χ1) is 9.42. The second kappa shape index (κ2) is 5.93. The molecule has 2 aromatic rings. The van der Waals surface area contributed by atoms with Gasteiger partial charge in [0.15, 0.2) is 0 Å². The topological polar surface area (TPSA) is 46.2 Å². The SMILES string of the molecule is CCc1ccc(S(=O)(=O)Nc2ccc(Br)cc2F)cc1. The van der Waals surface area contributed by atoms with Crippen molar-refractivity contribution in [2.75, 3.05) is 4.72 Å². The maximum atomic E-state index is 13.7. The Hall–Kier alpha value is -1.40. The molecule has 0 aromatic heterocycles. The van der Waals surface area contributed by atoms with Gasteiger partial charge in [-0.2, -0.15) is 0 Å². The molecule has 20 heavy (non-hydrogen) atoms. The van der Waals surface area contributed by atoms with Gasteiger partial charge in [0.1, 0.15) is 5.82 Å². The summed E-state index contributed by atoms with van der Waals surface area (Å²) in [6, 6.07) is 10.7. The first kappa shape index (κ1) is 15.0. The van der Waals surface area contributed by atoms with Gasteiger partial charge in [0, 0.05) is 4.47 Å². The Morgan fingerprint density at radius 1 is 1.15 bits per heavy atom. The molecule has 1 N–H and O–H groups in total. The minimum absolute atomic E-state index is 0.0761. The van der Waals surface area contributed by atoms with E-state index in [0.29, 0.717) is 4.47 Å². The fourth-order valence-corrected chi connectivity index (χ4v) is 3.08. The van der Waals surface area contributed by atoms with Crippen LogP contribution in [0.4, 0.5) is 10.1 Å². The van der Waals surface area contributed by atoms with Crippen molar-refractivity contribution in [1.82, 2.24) is 0 Å². The molecule has 0 radical (unpaired) electrons. The third-order valence-corrected chi connectivity index (χ3v) is 4.69. The first-order valence-corrected chi connectivity index (χ1v) is 8.27. The molecule has 0 aliphatic rings. The van der Waals surface area contributed by atoms with Gasteiger partial charge in [-0.25, -0.2) is 12.8 Å². The lowest BCUT2D eigenvalue weighted by molar-refractivity contribution is 0.598. The van der Waals surface area contributed by atoms with Crippen molar-refractivity contribution in [3.8, 4) is 0 Å². The van der Waals surface area contributed by atoms with Gasteiger partial charge in [0.2, 0.25) is 0 Å². The lowest BCUT2D eigenvalue weighted by Crippen LogP contribution is -2.14. The van der Waals surface area contributed by atoms with Crippen LogP contribution in [0.1, 0.15) is 12.5 Å². The van der Waals surface area contributed by atoms with Crippen LogP contribution in [0, 0.1) is 5.82 Å². The number of rotatable bonds is 4. The maximum Gasteiger partial charge on any atom is 0.261 e. The van der Waals surface area contributed by atoms with Crippen LogP contribution in [-0.2, 0) is 16.4 Å². The van der Waals surface area contributed by atoms with E-state index >= 15 is 0 Å². The summed E-state index contributed by atoms with van der Waals surface area (Å²) in [7, 11) is -3.78. The van der Waals surface area contributed by atoms with Crippen LogP contribution in [0.25, 0.3) is 0 Å². The summed E-state index contributed by atoms with van der Waals surface area (Å²) >= 11 is 3.12. The summed E-state index contributed by atoms with van der Waals surface area (Å²) in [4.78, 5) is 0.108. The largest absolute Gasteiger partial charge is 0.277 e. The minimum atomic E-state index is -3.78. The standard InChI is InChI=1S/C14H13BrFNO2S/c1-2-10-3-6-12(7-4-10)20(18,19)17-14-8-5-11(15)9-13(14)16/h3-9,17H,2H2,1H3. The van der Waals surface area contributed by atoms with Crippen molar-refractivity contribution in [2.45, 2.75) is 18.2 Å². The van der Waals surface area contributed by atoms with E-state index in [0.717, 1.165) is 12.0 Å². The van der Waals surface area contributed by atoms with Crippen molar-refractivity contribution >= 4 is 31.6 Å². The molecule has 0 unspecified atom stereocenters. The Bertz CT molecular complexity index is 714. The molecule has 3 nitrogen and oxygen atoms in total. The second-order valence-electron chi connectivity index (χ2n) is 4.23. The van der Waals surface area contributed by atoms with Gasteiger partial charge in [0.05, 0.1) is 10.6 Å². The molecule has 2 rings (SSSR count). The summed E-state index contributed by atoms with van der Waals surface area (Å²) in [5, 5.41) is 0. The summed E-state index contributed by atoms with van der Waals surface area (Å²) in [5.74, 6) is -0.631. The van der Waals surface area contributed by atoms with Gasteiger partial charge >= 0.3 is 0 Å². The van der Waals surface area contributed by atoms with E-state index in [4.69, 9.17) is 0 Å². The Morgan fingerprint density at radius 3 is 2.35 bits per heavy atom. The van der Waals surface area contributed by atoms with E-state index in [-0.39, 0.29) is 10.6 Å². The Kier molecular flexibility index (Phi) is 4.45. The molecule has 0 spiro atoms. The average molecular weight is 358 g/mol. The molecule has 0 atom stereocenters. The number of anilines is 1. The summed E-state index contributed by atoms with van der Waals surface area (Å²) in [6.45, 7) is 1.99. The third kappa shape index (κ3) is 3.37. The fraction of sp³-hybridized carbons (Fsp3) is 0.143. The molecule has 0 bridgehead atoms. The molecule has 0 saturated heterocycles. The first-order valence-electron chi connectivity index (χ1n) is 5.99. The Balaban J connectivity index is 2.30. The third-order valence-electron chi connectivity index (χ3n) is 2.82. The molecular weight excluding hydrogens is 345 g/mol. The highest BCUT2D eigenvalue weighted by molar-refractivity contribution is 9.10. The van der Waals surface area contributed by atoms with Crippen molar-refractivity contribution < 1.29 is 12.8 Å². The van der Waals surface area contributed by atoms with E-state index in [1.807, 2.05) is 6.92 Å². The number of hydrogen-bond donors (Lipinski definition) is 1. The van der Waals surface area contributed by atoms with Crippen molar-refractivity contribution in [3.05, 3.63) is 58.3 Å². The van der Waals surface area contributed by atoms with Gasteiger partial charge in [-0.15, -0.1) is 0 Å². The highest BCUT2D eigenvalue weighted by Gasteiger charge is 2.16. The normalized spacial score (nSPS) is 11.3. The second-order valence-corrected chi connectivity index (χ2v) is 6.83. The van der Waals surface area contributed by atoms with Gasteiger partial charge < -0.3 is 0 Å². The van der Waals surface area contributed by atoms with Gasteiger partial charge in [-0.05, 0) is 42.3 Å². The quantitative estimate of drug-likeness (QED) is 0.900. The van der Waals surface area contributed by atoms with Gasteiger partial charge in [-0.3, -0.25) is 4.72 Å². The zero-order chi connectivity index (χ0) is 14.8. The van der Waals surface area contributed by atoms with Crippen LogP contribution in [0.3, 0.4) is 0 Å².